The van der Waals surface area contributed by atoms with Gasteiger partial charge in [-0.05, 0) is 13.3 Å². The highest BCUT2D eigenvalue weighted by Gasteiger charge is 2.43. The van der Waals surface area contributed by atoms with Crippen LogP contribution in [0.5, 0.6) is 0 Å². The van der Waals surface area contributed by atoms with E-state index in [1.54, 1.807) is 13.2 Å². The first-order valence-electron chi connectivity index (χ1n) is 6.98. The van der Waals surface area contributed by atoms with Crippen LogP contribution in [0, 0.1) is 6.92 Å². The molecule has 1 atom stereocenters. The molecule has 0 aliphatic heterocycles. The van der Waals surface area contributed by atoms with Gasteiger partial charge in [0.25, 0.3) is 0 Å². The standard InChI is InChI=1S/C16H21N2O2/c1-4-5-11-18(14(3)19,15-9-7-6-8-10-15)16-17-13(2)12-20-16/h6-10,12H,4-5,11H2,1-3H3/q+1. The van der Waals surface area contributed by atoms with E-state index < -0.39 is 0 Å². The van der Waals surface area contributed by atoms with Gasteiger partial charge in [-0.2, -0.15) is 4.98 Å². The highest BCUT2D eigenvalue weighted by Crippen LogP contribution is 2.34. The van der Waals surface area contributed by atoms with Gasteiger partial charge in [-0.25, -0.2) is 4.79 Å². The minimum Gasteiger partial charge on any atom is -0.403 e. The molecule has 1 aromatic carbocycles. The maximum absolute atomic E-state index is 12.5. The zero-order valence-electron chi connectivity index (χ0n) is 12.3. The predicted molar refractivity (Wildman–Crippen MR) is 79.6 cm³/mol. The molecule has 0 bridgehead atoms. The Morgan fingerprint density at radius 2 is 2.00 bits per heavy atom. The van der Waals surface area contributed by atoms with E-state index in [0.717, 1.165) is 24.2 Å². The highest BCUT2D eigenvalue weighted by molar-refractivity contribution is 5.91. The molecule has 0 saturated carbocycles. The number of quaternary nitrogens is 1. The summed E-state index contributed by atoms with van der Waals surface area (Å²) in [4.78, 5) is 16.9. The monoisotopic (exact) mass is 273 g/mol. The lowest BCUT2D eigenvalue weighted by molar-refractivity contribution is -0.126. The van der Waals surface area contributed by atoms with Crippen LogP contribution in [0.2, 0.25) is 0 Å². The van der Waals surface area contributed by atoms with Gasteiger partial charge < -0.3 is 4.42 Å². The molecule has 0 fully saturated rings. The average Bonchev–Trinajstić information content (AvgIpc) is 2.87. The van der Waals surface area contributed by atoms with Gasteiger partial charge in [-0.1, -0.05) is 31.5 Å². The highest BCUT2D eigenvalue weighted by atomic mass is 16.4. The molecule has 0 aliphatic carbocycles. The number of aromatic nitrogens is 1. The van der Waals surface area contributed by atoms with Crippen LogP contribution in [-0.2, 0) is 4.79 Å². The largest absolute Gasteiger partial charge is 0.417 e. The van der Waals surface area contributed by atoms with E-state index in [4.69, 9.17) is 4.42 Å². The molecule has 0 aliphatic rings. The molecule has 0 saturated heterocycles. The molecular weight excluding hydrogens is 252 g/mol. The van der Waals surface area contributed by atoms with E-state index in [9.17, 15) is 4.79 Å². The maximum Gasteiger partial charge on any atom is 0.417 e. The number of para-hydroxylation sites is 1. The van der Waals surface area contributed by atoms with Gasteiger partial charge >= 0.3 is 11.9 Å². The number of hydrogen-bond acceptors (Lipinski definition) is 3. The van der Waals surface area contributed by atoms with Crippen molar-refractivity contribution in [1.29, 1.82) is 0 Å². The van der Waals surface area contributed by atoms with Gasteiger partial charge in [0.15, 0.2) is 0 Å². The van der Waals surface area contributed by atoms with Gasteiger partial charge in [-0.3, -0.25) is 0 Å². The topological polar surface area (TPSA) is 43.1 Å². The lowest BCUT2D eigenvalue weighted by Crippen LogP contribution is -2.49. The molecule has 2 aromatic rings. The SMILES string of the molecule is CCCC[N+](C(C)=O)(c1ccccc1)c1nc(C)co1. The predicted octanol–water partition coefficient (Wildman–Crippen LogP) is 3.97. The van der Waals surface area contributed by atoms with Crippen LogP contribution < -0.4 is 4.48 Å². The minimum absolute atomic E-state index is 0.0199. The summed E-state index contributed by atoms with van der Waals surface area (Å²) >= 11 is 0. The quantitative estimate of drug-likeness (QED) is 0.774. The summed E-state index contributed by atoms with van der Waals surface area (Å²) in [6, 6.07) is 10.2. The van der Waals surface area contributed by atoms with Crippen LogP contribution >= 0.6 is 0 Å². The van der Waals surface area contributed by atoms with Crippen molar-refractivity contribution in [1.82, 2.24) is 9.47 Å². The Hall–Kier alpha value is -1.94. The molecule has 1 aromatic heterocycles. The minimum atomic E-state index is 0.0199. The lowest BCUT2D eigenvalue weighted by atomic mass is 10.2. The van der Waals surface area contributed by atoms with E-state index in [2.05, 4.69) is 11.9 Å². The third kappa shape index (κ3) is 2.51. The molecule has 106 valence electrons. The smallest absolute Gasteiger partial charge is 0.403 e. The van der Waals surface area contributed by atoms with Crippen LogP contribution in [0.1, 0.15) is 32.4 Å². The number of carbonyl (C=O) groups is 1. The third-order valence-electron chi connectivity index (χ3n) is 3.52. The fourth-order valence-electron chi connectivity index (χ4n) is 2.40. The van der Waals surface area contributed by atoms with Crippen molar-refractivity contribution in [2.45, 2.75) is 33.6 Å². The first-order valence-corrected chi connectivity index (χ1v) is 6.98. The number of benzene rings is 1. The first-order chi connectivity index (χ1) is 9.61. The van der Waals surface area contributed by atoms with Gasteiger partial charge in [0.05, 0.1) is 19.2 Å². The van der Waals surface area contributed by atoms with E-state index in [0.29, 0.717) is 12.6 Å². The van der Waals surface area contributed by atoms with Crippen LogP contribution in [0.15, 0.2) is 41.0 Å². The Labute approximate surface area is 119 Å². The second kappa shape index (κ2) is 6.01. The summed E-state index contributed by atoms with van der Waals surface area (Å²) < 4.78 is 5.63. The van der Waals surface area contributed by atoms with Crippen molar-refractivity contribution in [3.05, 3.63) is 42.3 Å². The molecule has 1 heterocycles. The first kappa shape index (κ1) is 14.5. The molecule has 4 heteroatoms. The van der Waals surface area contributed by atoms with Crippen LogP contribution in [0.4, 0.5) is 11.7 Å². The zero-order valence-corrected chi connectivity index (χ0v) is 12.3. The van der Waals surface area contributed by atoms with E-state index in [1.165, 1.54) is 0 Å². The Bertz CT molecular complexity index is 577. The number of carbonyl (C=O) groups excluding carboxylic acids is 1. The number of aryl methyl sites for hydroxylation is 1. The number of oxazole rings is 1. The number of amides is 1. The average molecular weight is 273 g/mol. The Kier molecular flexibility index (Phi) is 4.35. The normalized spacial score (nSPS) is 13.9. The summed E-state index contributed by atoms with van der Waals surface area (Å²) in [6.45, 7) is 6.24. The summed E-state index contributed by atoms with van der Waals surface area (Å²) in [5, 5.41) is 0. The second-order valence-corrected chi connectivity index (χ2v) is 5.01. The van der Waals surface area contributed by atoms with Crippen molar-refractivity contribution in [3.8, 4) is 0 Å². The number of hydrogen-bond donors (Lipinski definition) is 0. The Morgan fingerprint density at radius 1 is 1.30 bits per heavy atom. The molecule has 20 heavy (non-hydrogen) atoms. The summed E-state index contributed by atoms with van der Waals surface area (Å²) in [7, 11) is 0. The van der Waals surface area contributed by atoms with Crippen molar-refractivity contribution >= 4 is 17.6 Å². The fraction of sp³-hybridized carbons (Fsp3) is 0.375. The molecular formula is C16H21N2O2+. The Balaban J connectivity index is 2.59. The van der Waals surface area contributed by atoms with E-state index in [-0.39, 0.29) is 10.4 Å². The van der Waals surface area contributed by atoms with Gasteiger partial charge in [0, 0.05) is 12.1 Å². The summed E-state index contributed by atoms with van der Waals surface area (Å²) in [6.07, 6.45) is 3.54. The molecule has 1 amide bonds. The number of nitrogens with zero attached hydrogens (tertiary/aromatic N) is 2. The molecule has 0 N–H and O–H groups in total. The molecule has 1 unspecified atom stereocenters. The van der Waals surface area contributed by atoms with Crippen LogP contribution in [0.25, 0.3) is 0 Å². The molecule has 4 nitrogen and oxygen atoms in total. The second-order valence-electron chi connectivity index (χ2n) is 5.01. The zero-order chi connectivity index (χ0) is 14.6. The lowest BCUT2D eigenvalue weighted by Gasteiger charge is -2.29. The number of rotatable bonds is 5. The third-order valence-corrected chi connectivity index (χ3v) is 3.52. The van der Waals surface area contributed by atoms with E-state index >= 15 is 0 Å². The van der Waals surface area contributed by atoms with Crippen LogP contribution in [-0.4, -0.2) is 17.4 Å². The molecule has 0 spiro atoms. The van der Waals surface area contributed by atoms with Gasteiger partial charge in [0.2, 0.25) is 0 Å². The van der Waals surface area contributed by atoms with Crippen LogP contribution in [0.3, 0.4) is 0 Å². The van der Waals surface area contributed by atoms with E-state index in [1.807, 2.05) is 37.3 Å². The Morgan fingerprint density at radius 3 is 2.50 bits per heavy atom. The number of unbranched alkanes of at least 4 members (excludes halogenated alkanes) is 1. The van der Waals surface area contributed by atoms with Crippen molar-refractivity contribution in [2.75, 3.05) is 6.54 Å². The van der Waals surface area contributed by atoms with Gasteiger partial charge in [-0.15, -0.1) is 4.48 Å². The van der Waals surface area contributed by atoms with Gasteiger partial charge in [0.1, 0.15) is 12.0 Å². The summed E-state index contributed by atoms with van der Waals surface area (Å²) in [5.41, 5.74) is 1.69. The van der Waals surface area contributed by atoms with Crippen molar-refractivity contribution in [3.63, 3.8) is 0 Å². The fourth-order valence-corrected chi connectivity index (χ4v) is 2.40. The summed E-state index contributed by atoms with van der Waals surface area (Å²) in [5.74, 6) is 0.0199. The van der Waals surface area contributed by atoms with Crippen molar-refractivity contribution < 1.29 is 9.21 Å². The molecule has 0 radical (unpaired) electrons. The maximum atomic E-state index is 12.5. The van der Waals surface area contributed by atoms with Crippen molar-refractivity contribution in [2.24, 2.45) is 0 Å². The molecule has 2 rings (SSSR count).